The Morgan fingerprint density at radius 1 is 0.429 bits per heavy atom. The summed E-state index contributed by atoms with van der Waals surface area (Å²) in [5.41, 5.74) is 6.77. The van der Waals surface area contributed by atoms with Crippen molar-refractivity contribution in [2.45, 2.75) is 0 Å². The van der Waals surface area contributed by atoms with Gasteiger partial charge in [-0.15, -0.1) is 11.3 Å². The number of nitrogens with zero attached hydrogens (tertiary/aromatic N) is 2. The summed E-state index contributed by atoms with van der Waals surface area (Å²) >= 11 is 1.86. The molecule has 3 heteroatoms. The molecule has 0 N–H and O–H groups in total. The number of thiophene rings is 1. The molecule has 0 aliphatic carbocycles. The lowest BCUT2D eigenvalue weighted by Gasteiger charge is -2.14. The van der Waals surface area contributed by atoms with E-state index in [4.69, 9.17) is 4.98 Å². The number of rotatable bonds is 3. The lowest BCUT2D eigenvalue weighted by atomic mass is 9.99. The molecular formula is C39H24N2S. The first-order chi connectivity index (χ1) is 20.8. The summed E-state index contributed by atoms with van der Waals surface area (Å²) in [6.07, 6.45) is 0. The Labute approximate surface area is 246 Å². The van der Waals surface area contributed by atoms with Crippen LogP contribution in [-0.2, 0) is 0 Å². The van der Waals surface area contributed by atoms with Crippen molar-refractivity contribution in [3.8, 4) is 28.2 Å². The SMILES string of the molecule is c1ccc(-c2nc3c4ccccc4c4ccccc4c3n2-c2cccc(-c3ccc4sc5ccccc5c4c3)c2)cc1. The zero-order valence-electron chi connectivity index (χ0n) is 22.7. The lowest BCUT2D eigenvalue weighted by molar-refractivity contribution is 1.11. The fraction of sp³-hybridized carbons (Fsp3) is 0. The minimum atomic E-state index is 0.948. The molecular weight excluding hydrogens is 529 g/mol. The van der Waals surface area contributed by atoms with Crippen molar-refractivity contribution in [2.24, 2.45) is 0 Å². The Hall–Kier alpha value is -5.25. The van der Waals surface area contributed by atoms with Gasteiger partial charge in [-0.1, -0.05) is 115 Å². The van der Waals surface area contributed by atoms with Crippen LogP contribution >= 0.6 is 11.3 Å². The van der Waals surface area contributed by atoms with Gasteiger partial charge in [-0.25, -0.2) is 4.98 Å². The predicted octanol–water partition coefficient (Wildman–Crippen LogP) is 11.0. The summed E-state index contributed by atoms with van der Waals surface area (Å²) in [5, 5.41) is 7.49. The molecule has 196 valence electrons. The van der Waals surface area contributed by atoms with Gasteiger partial charge >= 0.3 is 0 Å². The number of fused-ring (bicyclic) bond motifs is 9. The van der Waals surface area contributed by atoms with Crippen molar-refractivity contribution in [2.75, 3.05) is 0 Å². The second kappa shape index (κ2) is 9.13. The van der Waals surface area contributed by atoms with E-state index in [1.165, 1.54) is 52.8 Å². The molecule has 0 amide bonds. The van der Waals surface area contributed by atoms with Crippen LogP contribution in [0.1, 0.15) is 0 Å². The molecule has 0 fully saturated rings. The zero-order valence-corrected chi connectivity index (χ0v) is 23.5. The summed E-state index contributed by atoms with van der Waals surface area (Å²) in [6.45, 7) is 0. The average Bonchev–Trinajstić information content (AvgIpc) is 3.65. The molecule has 0 aliphatic rings. The van der Waals surface area contributed by atoms with Crippen LogP contribution in [0.5, 0.6) is 0 Å². The van der Waals surface area contributed by atoms with E-state index in [2.05, 4.69) is 150 Å². The third kappa shape index (κ3) is 3.47. The van der Waals surface area contributed by atoms with Crippen LogP contribution < -0.4 is 0 Å². The molecule has 0 aliphatic heterocycles. The van der Waals surface area contributed by atoms with E-state index in [0.29, 0.717) is 0 Å². The molecule has 9 aromatic rings. The zero-order chi connectivity index (χ0) is 27.6. The summed E-state index contributed by atoms with van der Waals surface area (Å²) in [4.78, 5) is 5.37. The van der Waals surface area contributed by atoms with Gasteiger partial charge in [0.05, 0.1) is 11.0 Å². The minimum absolute atomic E-state index is 0.948. The van der Waals surface area contributed by atoms with Crippen LogP contribution in [0.15, 0.2) is 146 Å². The molecule has 0 bridgehead atoms. The highest BCUT2D eigenvalue weighted by atomic mass is 32.1. The predicted molar refractivity (Wildman–Crippen MR) is 180 cm³/mol. The number of benzene rings is 7. The molecule has 9 rings (SSSR count). The van der Waals surface area contributed by atoms with Gasteiger partial charge in [-0.2, -0.15) is 0 Å². The maximum atomic E-state index is 5.37. The van der Waals surface area contributed by atoms with E-state index in [-0.39, 0.29) is 0 Å². The summed E-state index contributed by atoms with van der Waals surface area (Å²) in [6, 6.07) is 52.4. The van der Waals surface area contributed by atoms with Crippen LogP contribution in [0, 0.1) is 0 Å². The first-order valence-electron chi connectivity index (χ1n) is 14.2. The van der Waals surface area contributed by atoms with Gasteiger partial charge in [0, 0.05) is 42.2 Å². The van der Waals surface area contributed by atoms with Gasteiger partial charge in [0.1, 0.15) is 5.82 Å². The van der Waals surface area contributed by atoms with E-state index in [0.717, 1.165) is 28.1 Å². The third-order valence-electron chi connectivity index (χ3n) is 8.38. The number of hydrogen-bond acceptors (Lipinski definition) is 2. The molecule has 0 saturated carbocycles. The van der Waals surface area contributed by atoms with Gasteiger partial charge in [0.2, 0.25) is 0 Å². The van der Waals surface area contributed by atoms with Crippen LogP contribution in [0.2, 0.25) is 0 Å². The van der Waals surface area contributed by atoms with E-state index >= 15 is 0 Å². The van der Waals surface area contributed by atoms with Gasteiger partial charge in [-0.3, -0.25) is 4.57 Å². The highest BCUT2D eigenvalue weighted by molar-refractivity contribution is 7.25. The van der Waals surface area contributed by atoms with Gasteiger partial charge in [-0.05, 0) is 52.2 Å². The summed E-state index contributed by atoms with van der Waals surface area (Å²) < 4.78 is 5.01. The van der Waals surface area contributed by atoms with Gasteiger partial charge in [0.25, 0.3) is 0 Å². The molecule has 0 radical (unpaired) electrons. The number of aromatic nitrogens is 2. The van der Waals surface area contributed by atoms with Crippen molar-refractivity contribution in [1.29, 1.82) is 0 Å². The van der Waals surface area contributed by atoms with Crippen LogP contribution in [0.25, 0.3) is 81.0 Å². The van der Waals surface area contributed by atoms with E-state index in [9.17, 15) is 0 Å². The third-order valence-corrected chi connectivity index (χ3v) is 9.53. The largest absolute Gasteiger partial charge is 0.292 e. The quantitative estimate of drug-likeness (QED) is 0.199. The van der Waals surface area contributed by atoms with E-state index in [1.807, 2.05) is 11.3 Å². The lowest BCUT2D eigenvalue weighted by Crippen LogP contribution is -1.98. The fourth-order valence-corrected chi connectivity index (χ4v) is 7.55. The Balaban J connectivity index is 1.35. The fourth-order valence-electron chi connectivity index (χ4n) is 6.47. The topological polar surface area (TPSA) is 17.8 Å². The van der Waals surface area contributed by atoms with Crippen LogP contribution in [0.3, 0.4) is 0 Å². The number of imidazole rings is 1. The van der Waals surface area contributed by atoms with Crippen molar-refractivity contribution in [3.05, 3.63) is 146 Å². The first kappa shape index (κ1) is 23.5. The average molecular weight is 553 g/mol. The van der Waals surface area contributed by atoms with Gasteiger partial charge < -0.3 is 0 Å². The van der Waals surface area contributed by atoms with E-state index < -0.39 is 0 Å². The minimum Gasteiger partial charge on any atom is -0.292 e. The summed E-state index contributed by atoms with van der Waals surface area (Å²) in [7, 11) is 0. The first-order valence-corrected chi connectivity index (χ1v) is 15.0. The van der Waals surface area contributed by atoms with Gasteiger partial charge in [0.15, 0.2) is 0 Å². The molecule has 0 unspecified atom stereocenters. The molecule has 2 nitrogen and oxygen atoms in total. The monoisotopic (exact) mass is 552 g/mol. The standard InChI is InChI=1S/C39H24N2S/c1-2-11-25(12-3-1)39-40-37-32-18-6-4-15-29(32)30-16-5-7-19-33(30)38(37)41(39)28-14-10-13-26(23-28)27-21-22-36-34(24-27)31-17-8-9-20-35(31)42-36/h1-24H. The molecule has 0 spiro atoms. The highest BCUT2D eigenvalue weighted by Gasteiger charge is 2.20. The van der Waals surface area contributed by atoms with E-state index in [1.54, 1.807) is 0 Å². The molecule has 0 saturated heterocycles. The van der Waals surface area contributed by atoms with Crippen molar-refractivity contribution in [3.63, 3.8) is 0 Å². The van der Waals surface area contributed by atoms with Crippen molar-refractivity contribution < 1.29 is 0 Å². The molecule has 2 aromatic heterocycles. The van der Waals surface area contributed by atoms with Crippen molar-refractivity contribution >= 4 is 64.1 Å². The Morgan fingerprint density at radius 2 is 1.05 bits per heavy atom. The molecule has 42 heavy (non-hydrogen) atoms. The molecule has 7 aromatic carbocycles. The smallest absolute Gasteiger partial charge is 0.145 e. The maximum Gasteiger partial charge on any atom is 0.145 e. The highest BCUT2D eigenvalue weighted by Crippen LogP contribution is 2.40. The Kier molecular flexibility index (Phi) is 5.10. The molecule has 2 heterocycles. The second-order valence-electron chi connectivity index (χ2n) is 10.8. The normalized spacial score (nSPS) is 11.8. The number of hydrogen-bond donors (Lipinski definition) is 0. The second-order valence-corrected chi connectivity index (χ2v) is 11.9. The maximum absolute atomic E-state index is 5.37. The summed E-state index contributed by atoms with van der Waals surface area (Å²) in [5.74, 6) is 0.948. The Bertz CT molecular complexity index is 2470. The molecule has 0 atom stereocenters. The van der Waals surface area contributed by atoms with Crippen molar-refractivity contribution in [1.82, 2.24) is 9.55 Å². The van der Waals surface area contributed by atoms with Crippen LogP contribution in [0.4, 0.5) is 0 Å². The Morgan fingerprint density at radius 3 is 1.88 bits per heavy atom. The van der Waals surface area contributed by atoms with Crippen LogP contribution in [-0.4, -0.2) is 9.55 Å².